The van der Waals surface area contributed by atoms with Gasteiger partial charge >= 0.3 is 0 Å². The van der Waals surface area contributed by atoms with Crippen LogP contribution < -0.4 is 10.2 Å². The van der Waals surface area contributed by atoms with Gasteiger partial charge in [0, 0.05) is 43.5 Å². The van der Waals surface area contributed by atoms with Gasteiger partial charge in [0.2, 0.25) is 0 Å². The molecule has 4 rings (SSSR count). The van der Waals surface area contributed by atoms with Gasteiger partial charge in [0.05, 0.1) is 6.54 Å². The average Bonchev–Trinajstić information content (AvgIpc) is 3.38. The van der Waals surface area contributed by atoms with Crippen LogP contribution in [0.1, 0.15) is 28.9 Å². The number of aryl methyl sites for hydroxylation is 1. The molecular weight excluding hydrogens is 370 g/mol. The third-order valence-electron chi connectivity index (χ3n) is 4.54. The number of rotatable bonds is 6. The van der Waals surface area contributed by atoms with Crippen LogP contribution in [0.15, 0.2) is 47.1 Å². The number of anilines is 1. The monoisotopic (exact) mass is 391 g/mol. The molecule has 0 unspecified atom stereocenters. The van der Waals surface area contributed by atoms with Gasteiger partial charge in [-0.25, -0.2) is 0 Å². The molecule has 0 fully saturated rings. The third kappa shape index (κ3) is 3.79. The van der Waals surface area contributed by atoms with Crippen molar-refractivity contribution in [2.75, 3.05) is 19.0 Å². The first kappa shape index (κ1) is 18.6. The van der Waals surface area contributed by atoms with E-state index >= 15 is 0 Å². The standard InChI is InChI=1S/C20H21N7O2/c1-4-16-22-20(29-25-16)14-8-9-27-17(11-14)23-24-18(27)12-21-19(28)13-6-5-7-15(10-13)26(2)3/h5-11H,4,12H2,1-3H3,(H,21,28). The van der Waals surface area contributed by atoms with E-state index in [1.54, 1.807) is 6.07 Å². The highest BCUT2D eigenvalue weighted by molar-refractivity contribution is 5.95. The summed E-state index contributed by atoms with van der Waals surface area (Å²) in [5.74, 6) is 1.56. The van der Waals surface area contributed by atoms with E-state index < -0.39 is 0 Å². The van der Waals surface area contributed by atoms with Crippen LogP contribution in [0.2, 0.25) is 0 Å². The predicted molar refractivity (Wildman–Crippen MR) is 108 cm³/mol. The molecule has 0 aliphatic heterocycles. The van der Waals surface area contributed by atoms with E-state index in [4.69, 9.17) is 4.52 Å². The molecule has 29 heavy (non-hydrogen) atoms. The van der Waals surface area contributed by atoms with Crippen LogP contribution in [0, 0.1) is 0 Å². The summed E-state index contributed by atoms with van der Waals surface area (Å²) in [5, 5.41) is 15.2. The Bertz CT molecular complexity index is 1160. The molecule has 0 spiro atoms. The van der Waals surface area contributed by atoms with Gasteiger partial charge in [-0.3, -0.25) is 9.20 Å². The zero-order chi connectivity index (χ0) is 20.4. The molecule has 0 radical (unpaired) electrons. The lowest BCUT2D eigenvalue weighted by Gasteiger charge is -2.13. The Morgan fingerprint density at radius 1 is 1.21 bits per heavy atom. The van der Waals surface area contributed by atoms with E-state index in [9.17, 15) is 4.79 Å². The molecule has 9 heteroatoms. The first-order chi connectivity index (χ1) is 14.0. The number of fused-ring (bicyclic) bond motifs is 1. The van der Waals surface area contributed by atoms with Crippen molar-refractivity contribution in [3.8, 4) is 11.5 Å². The van der Waals surface area contributed by atoms with Crippen molar-refractivity contribution >= 4 is 17.2 Å². The number of pyridine rings is 1. The number of benzene rings is 1. The van der Waals surface area contributed by atoms with E-state index in [-0.39, 0.29) is 12.5 Å². The fraction of sp³-hybridized carbons (Fsp3) is 0.250. The van der Waals surface area contributed by atoms with Crippen LogP contribution in [0.3, 0.4) is 0 Å². The van der Waals surface area contributed by atoms with E-state index in [2.05, 4.69) is 25.7 Å². The van der Waals surface area contributed by atoms with Crippen molar-refractivity contribution in [2.45, 2.75) is 19.9 Å². The summed E-state index contributed by atoms with van der Waals surface area (Å²) >= 11 is 0. The van der Waals surface area contributed by atoms with Crippen LogP contribution in [-0.4, -0.2) is 44.7 Å². The first-order valence-electron chi connectivity index (χ1n) is 9.27. The molecule has 0 aliphatic carbocycles. The summed E-state index contributed by atoms with van der Waals surface area (Å²) in [6, 6.07) is 11.1. The Morgan fingerprint density at radius 3 is 2.83 bits per heavy atom. The topological polar surface area (TPSA) is 101 Å². The minimum Gasteiger partial charge on any atom is -0.378 e. The van der Waals surface area contributed by atoms with Gasteiger partial charge in [-0.1, -0.05) is 18.1 Å². The number of amides is 1. The number of hydrogen-bond acceptors (Lipinski definition) is 7. The molecule has 148 valence electrons. The molecule has 9 nitrogen and oxygen atoms in total. The highest BCUT2D eigenvalue weighted by atomic mass is 16.5. The largest absolute Gasteiger partial charge is 0.378 e. The Morgan fingerprint density at radius 2 is 2.07 bits per heavy atom. The maximum Gasteiger partial charge on any atom is 0.258 e. The summed E-state index contributed by atoms with van der Waals surface area (Å²) in [4.78, 5) is 18.8. The van der Waals surface area contributed by atoms with Gasteiger partial charge in [-0.15, -0.1) is 10.2 Å². The van der Waals surface area contributed by atoms with Gasteiger partial charge in [-0.2, -0.15) is 4.98 Å². The fourth-order valence-corrected chi connectivity index (χ4v) is 2.90. The fourth-order valence-electron chi connectivity index (χ4n) is 2.90. The maximum absolute atomic E-state index is 12.5. The van der Waals surface area contributed by atoms with E-state index in [1.165, 1.54) is 0 Å². The molecule has 1 amide bonds. The minimum atomic E-state index is -0.167. The molecule has 0 saturated carbocycles. The van der Waals surface area contributed by atoms with Crippen molar-refractivity contribution in [3.05, 3.63) is 59.8 Å². The molecule has 4 aromatic rings. The van der Waals surface area contributed by atoms with Gasteiger partial charge in [0.25, 0.3) is 11.8 Å². The summed E-state index contributed by atoms with van der Waals surface area (Å²) in [5.41, 5.74) is 2.96. The van der Waals surface area contributed by atoms with Crippen LogP contribution in [0.5, 0.6) is 0 Å². The predicted octanol–water partition coefficient (Wildman–Crippen LogP) is 2.34. The van der Waals surface area contributed by atoms with Crippen molar-refractivity contribution in [1.29, 1.82) is 0 Å². The number of carbonyl (C=O) groups excluding carboxylic acids is 1. The molecule has 0 aliphatic rings. The van der Waals surface area contributed by atoms with E-state index in [0.29, 0.717) is 35.2 Å². The third-order valence-corrected chi connectivity index (χ3v) is 4.54. The number of hydrogen-bond donors (Lipinski definition) is 1. The van der Waals surface area contributed by atoms with Gasteiger partial charge in [0.1, 0.15) is 0 Å². The maximum atomic E-state index is 12.5. The zero-order valence-corrected chi connectivity index (χ0v) is 16.5. The second-order valence-electron chi connectivity index (χ2n) is 6.76. The highest BCUT2D eigenvalue weighted by Crippen LogP contribution is 2.19. The lowest BCUT2D eigenvalue weighted by atomic mass is 10.2. The summed E-state index contributed by atoms with van der Waals surface area (Å²) in [7, 11) is 3.87. The Hall–Kier alpha value is -3.75. The SMILES string of the molecule is CCc1noc(-c2ccn3c(CNC(=O)c4cccc(N(C)C)c4)nnc3c2)n1. The Balaban J connectivity index is 1.50. The molecule has 0 atom stereocenters. The molecule has 1 N–H and O–H groups in total. The van der Waals surface area contributed by atoms with Crippen molar-refractivity contribution in [3.63, 3.8) is 0 Å². The minimum absolute atomic E-state index is 0.167. The van der Waals surface area contributed by atoms with Gasteiger partial charge in [-0.05, 0) is 30.3 Å². The van der Waals surface area contributed by atoms with Gasteiger partial charge in [0.15, 0.2) is 17.3 Å². The second kappa shape index (κ2) is 7.70. The number of carbonyl (C=O) groups is 1. The smallest absolute Gasteiger partial charge is 0.258 e. The summed E-state index contributed by atoms with van der Waals surface area (Å²) < 4.78 is 7.09. The highest BCUT2D eigenvalue weighted by Gasteiger charge is 2.13. The molecule has 3 aromatic heterocycles. The number of nitrogens with zero attached hydrogens (tertiary/aromatic N) is 6. The normalized spacial score (nSPS) is 11.0. The van der Waals surface area contributed by atoms with Crippen molar-refractivity contribution in [1.82, 2.24) is 30.1 Å². The zero-order valence-electron chi connectivity index (χ0n) is 16.5. The van der Waals surface area contributed by atoms with Crippen LogP contribution in [0.4, 0.5) is 5.69 Å². The summed E-state index contributed by atoms with van der Waals surface area (Å²) in [6.45, 7) is 2.22. The molecule has 0 saturated heterocycles. The Kier molecular flexibility index (Phi) is 4.94. The molecule has 3 heterocycles. The van der Waals surface area contributed by atoms with Gasteiger partial charge < -0.3 is 14.7 Å². The second-order valence-corrected chi connectivity index (χ2v) is 6.76. The van der Waals surface area contributed by atoms with E-state index in [1.807, 2.05) is 66.8 Å². The van der Waals surface area contributed by atoms with Crippen LogP contribution in [0.25, 0.3) is 17.1 Å². The summed E-state index contributed by atoms with van der Waals surface area (Å²) in [6.07, 6.45) is 2.53. The molecule has 0 bridgehead atoms. The Labute approximate surface area is 167 Å². The van der Waals surface area contributed by atoms with E-state index in [0.717, 1.165) is 11.3 Å². The molecular formula is C20H21N7O2. The number of aromatic nitrogens is 5. The van der Waals surface area contributed by atoms with Crippen molar-refractivity contribution < 1.29 is 9.32 Å². The van der Waals surface area contributed by atoms with Crippen LogP contribution in [-0.2, 0) is 13.0 Å². The first-order valence-corrected chi connectivity index (χ1v) is 9.27. The van der Waals surface area contributed by atoms with Crippen molar-refractivity contribution in [2.24, 2.45) is 0 Å². The lowest BCUT2D eigenvalue weighted by Crippen LogP contribution is -2.24. The average molecular weight is 391 g/mol. The lowest BCUT2D eigenvalue weighted by molar-refractivity contribution is 0.0950. The number of nitrogens with one attached hydrogen (secondary N) is 1. The molecule has 1 aromatic carbocycles. The van der Waals surface area contributed by atoms with Crippen LogP contribution >= 0.6 is 0 Å². The quantitative estimate of drug-likeness (QED) is 0.538.